The maximum absolute atomic E-state index is 12.6. The van der Waals surface area contributed by atoms with Crippen LogP contribution in [0, 0.1) is 0 Å². The summed E-state index contributed by atoms with van der Waals surface area (Å²) in [5.41, 5.74) is 3.44. The summed E-state index contributed by atoms with van der Waals surface area (Å²) in [5.74, 6) is 1.44. The lowest BCUT2D eigenvalue weighted by molar-refractivity contribution is 0.0628. The van der Waals surface area contributed by atoms with Crippen molar-refractivity contribution in [3.63, 3.8) is 0 Å². The summed E-state index contributed by atoms with van der Waals surface area (Å²) in [6, 6.07) is 16.3. The highest BCUT2D eigenvalue weighted by atomic mass is 16.5. The summed E-state index contributed by atoms with van der Waals surface area (Å²) >= 11 is 0. The molecule has 1 saturated heterocycles. The number of nitrogens with zero attached hydrogens (tertiary/aromatic N) is 2. The molecule has 2 aromatic carbocycles. The van der Waals surface area contributed by atoms with E-state index in [1.807, 2.05) is 29.2 Å². The Labute approximate surface area is 156 Å². The normalized spacial score (nSPS) is 15.3. The number of piperazine rings is 1. The summed E-state index contributed by atoms with van der Waals surface area (Å²) in [6.45, 7) is 8.75. The summed E-state index contributed by atoms with van der Waals surface area (Å²) < 4.78 is 5.15. The van der Waals surface area contributed by atoms with Gasteiger partial charge in [-0.25, -0.2) is 0 Å². The van der Waals surface area contributed by atoms with Gasteiger partial charge in [-0.2, -0.15) is 0 Å². The van der Waals surface area contributed by atoms with E-state index in [-0.39, 0.29) is 5.91 Å². The van der Waals surface area contributed by atoms with Crippen LogP contribution in [0.15, 0.2) is 48.5 Å². The Kier molecular flexibility index (Phi) is 5.94. The Morgan fingerprint density at radius 1 is 0.962 bits per heavy atom. The van der Waals surface area contributed by atoms with Gasteiger partial charge in [0.1, 0.15) is 5.75 Å². The lowest BCUT2D eigenvalue weighted by Gasteiger charge is -2.34. The van der Waals surface area contributed by atoms with Crippen LogP contribution in [0.3, 0.4) is 0 Å². The molecule has 0 aromatic heterocycles. The lowest BCUT2D eigenvalue weighted by Crippen LogP contribution is -2.48. The molecule has 4 nitrogen and oxygen atoms in total. The molecule has 138 valence electrons. The number of hydrogen-bond donors (Lipinski definition) is 0. The van der Waals surface area contributed by atoms with E-state index in [1.165, 1.54) is 11.1 Å². The molecule has 0 N–H and O–H groups in total. The number of ether oxygens (including phenoxy) is 1. The monoisotopic (exact) mass is 352 g/mol. The molecule has 1 fully saturated rings. The second-order valence-corrected chi connectivity index (χ2v) is 7.19. The van der Waals surface area contributed by atoms with Crippen molar-refractivity contribution in [2.75, 3.05) is 33.3 Å². The molecule has 3 rings (SSSR count). The van der Waals surface area contributed by atoms with E-state index in [0.29, 0.717) is 5.92 Å². The number of rotatable bonds is 5. The highest BCUT2D eigenvalue weighted by molar-refractivity contribution is 5.94. The first-order valence-corrected chi connectivity index (χ1v) is 9.31. The molecule has 2 aromatic rings. The van der Waals surface area contributed by atoms with Crippen molar-refractivity contribution >= 4 is 5.91 Å². The van der Waals surface area contributed by atoms with Crippen LogP contribution in [0.25, 0.3) is 0 Å². The molecule has 1 heterocycles. The van der Waals surface area contributed by atoms with Crippen molar-refractivity contribution in [2.45, 2.75) is 26.3 Å². The van der Waals surface area contributed by atoms with Crippen molar-refractivity contribution < 1.29 is 9.53 Å². The standard InChI is InChI=1S/C22H28N2O2/c1-17(2)19-6-4-18(5-7-19)16-23-12-14-24(15-13-23)22(25)20-8-10-21(26-3)11-9-20/h4-11,17H,12-16H2,1-3H3. The van der Waals surface area contributed by atoms with Crippen LogP contribution in [0.4, 0.5) is 0 Å². The summed E-state index contributed by atoms with van der Waals surface area (Å²) in [5, 5.41) is 0. The second-order valence-electron chi connectivity index (χ2n) is 7.19. The minimum atomic E-state index is 0.105. The van der Waals surface area contributed by atoms with Gasteiger partial charge in [0.15, 0.2) is 0 Å². The van der Waals surface area contributed by atoms with Crippen LogP contribution < -0.4 is 4.74 Å². The van der Waals surface area contributed by atoms with Gasteiger partial charge < -0.3 is 9.64 Å². The Hall–Kier alpha value is -2.33. The first-order valence-electron chi connectivity index (χ1n) is 9.31. The van der Waals surface area contributed by atoms with Crippen LogP contribution in [-0.4, -0.2) is 49.0 Å². The number of hydrogen-bond acceptors (Lipinski definition) is 3. The third-order valence-corrected chi connectivity index (χ3v) is 5.05. The van der Waals surface area contributed by atoms with E-state index >= 15 is 0 Å². The van der Waals surface area contributed by atoms with Crippen molar-refractivity contribution in [3.05, 3.63) is 65.2 Å². The molecular formula is C22H28N2O2. The van der Waals surface area contributed by atoms with Gasteiger partial charge in [-0.3, -0.25) is 9.69 Å². The first kappa shape index (κ1) is 18.5. The van der Waals surface area contributed by atoms with Gasteiger partial charge in [0.25, 0.3) is 5.91 Å². The van der Waals surface area contributed by atoms with E-state index in [0.717, 1.165) is 44.0 Å². The van der Waals surface area contributed by atoms with E-state index in [2.05, 4.69) is 43.0 Å². The second kappa shape index (κ2) is 8.37. The Bertz CT molecular complexity index is 715. The number of benzene rings is 2. The van der Waals surface area contributed by atoms with Crippen molar-refractivity contribution in [3.8, 4) is 5.75 Å². The molecule has 0 saturated carbocycles. The zero-order valence-electron chi connectivity index (χ0n) is 15.9. The summed E-state index contributed by atoms with van der Waals surface area (Å²) in [6.07, 6.45) is 0. The highest BCUT2D eigenvalue weighted by Crippen LogP contribution is 2.17. The van der Waals surface area contributed by atoms with Crippen molar-refractivity contribution in [1.82, 2.24) is 9.80 Å². The highest BCUT2D eigenvalue weighted by Gasteiger charge is 2.22. The van der Waals surface area contributed by atoms with Crippen LogP contribution >= 0.6 is 0 Å². The topological polar surface area (TPSA) is 32.8 Å². The minimum absolute atomic E-state index is 0.105. The number of methoxy groups -OCH3 is 1. The Balaban J connectivity index is 1.52. The molecule has 1 amide bonds. The van der Waals surface area contributed by atoms with Crippen molar-refractivity contribution in [1.29, 1.82) is 0 Å². The molecule has 26 heavy (non-hydrogen) atoms. The Morgan fingerprint density at radius 2 is 1.58 bits per heavy atom. The van der Waals surface area contributed by atoms with Crippen LogP contribution in [0.1, 0.15) is 41.3 Å². The largest absolute Gasteiger partial charge is 0.497 e. The van der Waals surface area contributed by atoms with Gasteiger partial charge in [-0.05, 0) is 41.3 Å². The fourth-order valence-electron chi connectivity index (χ4n) is 3.29. The molecular weight excluding hydrogens is 324 g/mol. The maximum atomic E-state index is 12.6. The molecule has 1 aliphatic rings. The molecule has 0 radical (unpaired) electrons. The predicted molar refractivity (Wildman–Crippen MR) is 105 cm³/mol. The average Bonchev–Trinajstić information content (AvgIpc) is 2.68. The molecule has 0 bridgehead atoms. The number of amides is 1. The van der Waals surface area contributed by atoms with Crippen LogP contribution in [0.2, 0.25) is 0 Å². The van der Waals surface area contributed by atoms with Gasteiger partial charge in [-0.1, -0.05) is 38.1 Å². The quantitative estimate of drug-likeness (QED) is 0.821. The van der Waals surface area contributed by atoms with Crippen molar-refractivity contribution in [2.24, 2.45) is 0 Å². The van der Waals surface area contributed by atoms with E-state index in [9.17, 15) is 4.79 Å². The smallest absolute Gasteiger partial charge is 0.253 e. The third kappa shape index (κ3) is 4.44. The Morgan fingerprint density at radius 3 is 2.12 bits per heavy atom. The fourth-order valence-corrected chi connectivity index (χ4v) is 3.29. The maximum Gasteiger partial charge on any atom is 0.253 e. The van der Waals surface area contributed by atoms with Crippen LogP contribution in [0.5, 0.6) is 5.75 Å². The molecule has 0 unspecified atom stereocenters. The SMILES string of the molecule is COc1ccc(C(=O)N2CCN(Cc3ccc(C(C)C)cc3)CC2)cc1. The number of carbonyl (C=O) groups is 1. The molecule has 4 heteroatoms. The zero-order chi connectivity index (χ0) is 18.5. The minimum Gasteiger partial charge on any atom is -0.497 e. The molecule has 0 aliphatic carbocycles. The summed E-state index contributed by atoms with van der Waals surface area (Å²) in [4.78, 5) is 17.0. The molecule has 1 aliphatic heterocycles. The van der Waals surface area contributed by atoms with Crippen LogP contribution in [-0.2, 0) is 6.54 Å². The van der Waals surface area contributed by atoms with Gasteiger partial charge in [-0.15, -0.1) is 0 Å². The predicted octanol–water partition coefficient (Wildman–Crippen LogP) is 3.78. The number of carbonyl (C=O) groups excluding carboxylic acids is 1. The summed E-state index contributed by atoms with van der Waals surface area (Å²) in [7, 11) is 1.63. The average molecular weight is 352 g/mol. The molecule has 0 atom stereocenters. The van der Waals surface area contributed by atoms with Gasteiger partial charge in [0, 0.05) is 38.3 Å². The zero-order valence-corrected chi connectivity index (χ0v) is 15.9. The van der Waals surface area contributed by atoms with Gasteiger partial charge in [0.2, 0.25) is 0 Å². The lowest BCUT2D eigenvalue weighted by atomic mass is 10.0. The van der Waals surface area contributed by atoms with Gasteiger partial charge >= 0.3 is 0 Å². The van der Waals surface area contributed by atoms with Gasteiger partial charge in [0.05, 0.1) is 7.11 Å². The van der Waals surface area contributed by atoms with E-state index in [4.69, 9.17) is 4.74 Å². The van der Waals surface area contributed by atoms with E-state index in [1.54, 1.807) is 7.11 Å². The first-order chi connectivity index (χ1) is 12.6. The fraction of sp³-hybridized carbons (Fsp3) is 0.409. The molecule has 0 spiro atoms. The third-order valence-electron chi connectivity index (χ3n) is 5.05. The van der Waals surface area contributed by atoms with E-state index < -0.39 is 0 Å².